The normalized spacial score (nSPS) is 21.1. The van der Waals surface area contributed by atoms with Crippen molar-refractivity contribution in [2.75, 3.05) is 13.2 Å². The van der Waals surface area contributed by atoms with Crippen LogP contribution in [0.25, 0.3) is 0 Å². The number of carbonyl (C=O) groups is 3. The Bertz CT molecular complexity index is 800. The highest BCUT2D eigenvalue weighted by molar-refractivity contribution is 6.32. The molecule has 0 spiro atoms. The lowest BCUT2D eigenvalue weighted by atomic mass is 9.78. The van der Waals surface area contributed by atoms with Crippen molar-refractivity contribution in [3.63, 3.8) is 0 Å². The number of esters is 1. The number of ether oxygens (including phenoxy) is 1. The lowest BCUT2D eigenvalue weighted by Crippen LogP contribution is -2.45. The number of rotatable bonds is 7. The van der Waals surface area contributed by atoms with Crippen molar-refractivity contribution in [3.05, 3.63) is 38.9 Å². The van der Waals surface area contributed by atoms with Crippen LogP contribution in [0, 0.1) is 22.0 Å². The molecule has 0 bridgehead atoms. The Kier molecular flexibility index (Phi) is 7.95. The summed E-state index contributed by atoms with van der Waals surface area (Å²) in [5.41, 5.74) is -0.433. The summed E-state index contributed by atoms with van der Waals surface area (Å²) < 4.78 is 4.88. The third-order valence-electron chi connectivity index (χ3n) is 5.22. The highest BCUT2D eigenvalue weighted by Gasteiger charge is 2.28. The van der Waals surface area contributed by atoms with Gasteiger partial charge in [0.2, 0.25) is 0 Å². The lowest BCUT2D eigenvalue weighted by Gasteiger charge is -2.34. The van der Waals surface area contributed by atoms with Gasteiger partial charge in [-0.1, -0.05) is 38.3 Å². The fourth-order valence-electron chi connectivity index (χ4n) is 3.28. The summed E-state index contributed by atoms with van der Waals surface area (Å²) in [7, 11) is 0. The molecule has 1 fully saturated rings. The first-order valence-corrected chi connectivity index (χ1v) is 9.74. The molecule has 3 atom stereocenters. The lowest BCUT2D eigenvalue weighted by molar-refractivity contribution is -0.384. The molecular formula is C19H24ClN3O6. The van der Waals surface area contributed by atoms with Gasteiger partial charge >= 0.3 is 5.97 Å². The third kappa shape index (κ3) is 6.42. The summed E-state index contributed by atoms with van der Waals surface area (Å²) in [6, 6.07) is 3.61. The van der Waals surface area contributed by atoms with Gasteiger partial charge in [0.1, 0.15) is 11.6 Å². The standard InChI is InChI=1S/C19H24ClN3O6/c1-11-4-3-5-15(12(11)2)22-17(24)10-29-18(25)9-21-19(26)13-6-7-14(20)16(8-13)23(27)28/h6-8,11-12,15H,3-5,9-10H2,1-2H3,(H,21,26)(H,22,24). The molecule has 3 unspecified atom stereocenters. The van der Waals surface area contributed by atoms with E-state index in [0.29, 0.717) is 11.8 Å². The molecule has 1 aliphatic rings. The van der Waals surface area contributed by atoms with Crippen molar-refractivity contribution in [2.24, 2.45) is 11.8 Å². The molecule has 10 heteroatoms. The van der Waals surface area contributed by atoms with Crippen molar-refractivity contribution < 1.29 is 24.0 Å². The molecule has 0 heterocycles. The second-order valence-electron chi connectivity index (χ2n) is 7.21. The van der Waals surface area contributed by atoms with Crippen LogP contribution in [0.2, 0.25) is 5.02 Å². The molecule has 1 saturated carbocycles. The summed E-state index contributed by atoms with van der Waals surface area (Å²) in [6.45, 7) is 3.34. The number of carbonyl (C=O) groups excluding carboxylic acids is 3. The highest BCUT2D eigenvalue weighted by atomic mass is 35.5. The molecule has 9 nitrogen and oxygen atoms in total. The number of nitro benzene ring substituents is 1. The molecule has 0 aliphatic heterocycles. The Labute approximate surface area is 173 Å². The minimum atomic E-state index is -0.790. The van der Waals surface area contributed by atoms with Crippen LogP contribution in [-0.4, -0.2) is 41.9 Å². The van der Waals surface area contributed by atoms with E-state index >= 15 is 0 Å². The number of nitrogens with one attached hydrogen (secondary N) is 2. The van der Waals surface area contributed by atoms with Crippen LogP contribution >= 0.6 is 11.6 Å². The molecular weight excluding hydrogens is 402 g/mol. The van der Waals surface area contributed by atoms with Gasteiger partial charge in [0.25, 0.3) is 17.5 Å². The van der Waals surface area contributed by atoms with Gasteiger partial charge in [-0.2, -0.15) is 0 Å². The molecule has 1 aliphatic carbocycles. The smallest absolute Gasteiger partial charge is 0.325 e. The van der Waals surface area contributed by atoms with E-state index in [-0.39, 0.29) is 22.5 Å². The molecule has 2 rings (SSSR count). The van der Waals surface area contributed by atoms with Crippen LogP contribution in [0.5, 0.6) is 0 Å². The first-order valence-electron chi connectivity index (χ1n) is 9.36. The molecule has 2 N–H and O–H groups in total. The van der Waals surface area contributed by atoms with Gasteiger partial charge in [0, 0.05) is 17.7 Å². The third-order valence-corrected chi connectivity index (χ3v) is 5.54. The second kappa shape index (κ2) is 10.2. The molecule has 0 aromatic heterocycles. The number of nitro groups is 1. The molecule has 0 radical (unpaired) electrons. The fraction of sp³-hybridized carbons (Fsp3) is 0.526. The van der Waals surface area contributed by atoms with Gasteiger partial charge in [-0.3, -0.25) is 24.5 Å². The maximum absolute atomic E-state index is 12.0. The van der Waals surface area contributed by atoms with Gasteiger partial charge in [0.05, 0.1) is 4.92 Å². The van der Waals surface area contributed by atoms with Gasteiger partial charge in [-0.15, -0.1) is 0 Å². The number of amides is 2. The van der Waals surface area contributed by atoms with Gasteiger partial charge in [-0.25, -0.2) is 0 Å². The largest absolute Gasteiger partial charge is 0.454 e. The zero-order valence-electron chi connectivity index (χ0n) is 16.3. The maximum Gasteiger partial charge on any atom is 0.325 e. The summed E-state index contributed by atoms with van der Waals surface area (Å²) in [5, 5.41) is 16.0. The average molecular weight is 426 g/mol. The van der Waals surface area contributed by atoms with Crippen molar-refractivity contribution in [3.8, 4) is 0 Å². The average Bonchev–Trinajstić information content (AvgIpc) is 2.68. The minimum Gasteiger partial charge on any atom is -0.454 e. The Morgan fingerprint density at radius 2 is 2.00 bits per heavy atom. The number of hydrogen-bond acceptors (Lipinski definition) is 6. The highest BCUT2D eigenvalue weighted by Crippen LogP contribution is 2.29. The van der Waals surface area contributed by atoms with E-state index in [1.54, 1.807) is 0 Å². The van der Waals surface area contributed by atoms with Crippen molar-refractivity contribution >= 4 is 35.1 Å². The first kappa shape index (κ1) is 22.6. The molecule has 0 saturated heterocycles. The summed E-state index contributed by atoms with van der Waals surface area (Å²) in [6.07, 6.45) is 3.08. The number of nitrogens with zero attached hydrogens (tertiary/aromatic N) is 1. The number of benzene rings is 1. The van der Waals surface area contributed by atoms with E-state index in [0.717, 1.165) is 25.3 Å². The summed E-state index contributed by atoms with van der Waals surface area (Å²) in [5.74, 6) is -0.996. The quantitative estimate of drug-likeness (QED) is 0.392. The van der Waals surface area contributed by atoms with Gasteiger partial charge in [0.15, 0.2) is 6.61 Å². The molecule has 2 amide bonds. The zero-order chi connectivity index (χ0) is 21.6. The fourth-order valence-corrected chi connectivity index (χ4v) is 3.47. The van der Waals surface area contributed by atoms with E-state index in [4.69, 9.17) is 16.3 Å². The topological polar surface area (TPSA) is 128 Å². The minimum absolute atomic E-state index is 0.0213. The number of hydrogen-bond donors (Lipinski definition) is 2. The summed E-state index contributed by atoms with van der Waals surface area (Å²) in [4.78, 5) is 46.0. The Morgan fingerprint density at radius 3 is 2.69 bits per heavy atom. The van der Waals surface area contributed by atoms with Crippen LogP contribution in [0.15, 0.2) is 18.2 Å². The van der Waals surface area contributed by atoms with Crippen LogP contribution < -0.4 is 10.6 Å². The van der Waals surface area contributed by atoms with Crippen molar-refractivity contribution in [1.29, 1.82) is 0 Å². The van der Waals surface area contributed by atoms with Crippen LogP contribution in [0.3, 0.4) is 0 Å². The predicted molar refractivity (Wildman–Crippen MR) is 106 cm³/mol. The first-order chi connectivity index (χ1) is 13.7. The zero-order valence-corrected chi connectivity index (χ0v) is 17.0. The van der Waals surface area contributed by atoms with Crippen molar-refractivity contribution in [1.82, 2.24) is 10.6 Å². The van der Waals surface area contributed by atoms with E-state index in [1.807, 2.05) is 0 Å². The van der Waals surface area contributed by atoms with Crippen LogP contribution in [-0.2, 0) is 14.3 Å². The summed E-state index contributed by atoms with van der Waals surface area (Å²) >= 11 is 5.70. The van der Waals surface area contributed by atoms with E-state index in [1.165, 1.54) is 12.1 Å². The van der Waals surface area contributed by atoms with Crippen molar-refractivity contribution in [2.45, 2.75) is 39.2 Å². The molecule has 158 valence electrons. The molecule has 1 aromatic rings. The molecule has 1 aromatic carbocycles. The monoisotopic (exact) mass is 425 g/mol. The Morgan fingerprint density at radius 1 is 1.28 bits per heavy atom. The predicted octanol–water partition coefficient (Wildman–Crippen LogP) is 2.46. The molecule has 29 heavy (non-hydrogen) atoms. The van der Waals surface area contributed by atoms with E-state index in [9.17, 15) is 24.5 Å². The van der Waals surface area contributed by atoms with E-state index < -0.39 is 35.6 Å². The van der Waals surface area contributed by atoms with Crippen LogP contribution in [0.4, 0.5) is 5.69 Å². The Hall–Kier alpha value is -2.68. The maximum atomic E-state index is 12.0. The number of halogens is 1. The van der Waals surface area contributed by atoms with E-state index in [2.05, 4.69) is 24.5 Å². The Balaban J connectivity index is 1.76. The van der Waals surface area contributed by atoms with Crippen LogP contribution in [0.1, 0.15) is 43.5 Å². The van der Waals surface area contributed by atoms with Gasteiger partial charge in [-0.05, 0) is 30.4 Å². The SMILES string of the molecule is CC1CCCC(NC(=O)COC(=O)CNC(=O)c2ccc(Cl)c([N+](=O)[O-])c2)C1C. The second-order valence-corrected chi connectivity index (χ2v) is 7.62. The van der Waals surface area contributed by atoms with Gasteiger partial charge < -0.3 is 15.4 Å².